The first kappa shape index (κ1) is 14.8. The quantitative estimate of drug-likeness (QED) is 0.444. The summed E-state index contributed by atoms with van der Waals surface area (Å²) in [5.74, 6) is 1.11. The van der Waals surface area contributed by atoms with Crippen molar-refractivity contribution in [3.63, 3.8) is 0 Å². The summed E-state index contributed by atoms with van der Waals surface area (Å²) in [7, 11) is 0. The van der Waals surface area contributed by atoms with E-state index in [0.717, 1.165) is 15.6 Å². The third-order valence-corrected chi connectivity index (χ3v) is 3.59. The number of benzene rings is 2. The maximum Gasteiger partial charge on any atom is 0.269 e. The van der Waals surface area contributed by atoms with Gasteiger partial charge in [0.05, 0.1) is 9.40 Å². The molecule has 0 bridgehead atoms. The topological polar surface area (TPSA) is 52.4 Å². The summed E-state index contributed by atoms with van der Waals surface area (Å²) in [5.41, 5.74) is 1.79. The fourth-order valence-electron chi connectivity index (χ4n) is 1.67. The highest BCUT2D eigenvalue weighted by Gasteiger charge is 2.07. The Morgan fingerprint density at radius 1 is 1.20 bits per heavy atom. The first-order valence-corrected chi connectivity index (χ1v) is 7.13. The summed E-state index contributed by atoms with van der Waals surface area (Å²) >= 11 is 9.15. The van der Waals surface area contributed by atoms with E-state index in [4.69, 9.17) is 16.3 Å². The maximum absolute atomic E-state index is 10.7. The van der Waals surface area contributed by atoms with Crippen LogP contribution in [0, 0.1) is 10.1 Å². The summed E-state index contributed by atoms with van der Waals surface area (Å²) in [4.78, 5) is 10.3. The summed E-state index contributed by atoms with van der Waals surface area (Å²) in [6.45, 7) is 0.264. The van der Waals surface area contributed by atoms with Crippen LogP contribution in [0.5, 0.6) is 5.75 Å². The third kappa shape index (κ3) is 3.71. The fraction of sp³-hybridized carbons (Fsp3) is 0.143. The molecule has 0 aliphatic heterocycles. The Hall–Kier alpha value is -1.59. The van der Waals surface area contributed by atoms with Gasteiger partial charge in [-0.15, -0.1) is 11.6 Å². The molecule has 2 aromatic carbocycles. The monoisotopic (exact) mass is 355 g/mol. The van der Waals surface area contributed by atoms with E-state index in [9.17, 15) is 10.1 Å². The minimum atomic E-state index is -0.422. The van der Waals surface area contributed by atoms with E-state index >= 15 is 0 Å². The highest BCUT2D eigenvalue weighted by Crippen LogP contribution is 2.27. The van der Waals surface area contributed by atoms with Gasteiger partial charge in [-0.2, -0.15) is 0 Å². The van der Waals surface area contributed by atoms with Crippen molar-refractivity contribution in [1.82, 2.24) is 0 Å². The van der Waals surface area contributed by atoms with Crippen LogP contribution in [0.3, 0.4) is 0 Å². The van der Waals surface area contributed by atoms with Gasteiger partial charge in [-0.25, -0.2) is 0 Å². The van der Waals surface area contributed by atoms with E-state index in [-0.39, 0.29) is 12.3 Å². The second-order valence-corrected chi connectivity index (χ2v) is 5.24. The van der Waals surface area contributed by atoms with Crippen molar-refractivity contribution in [2.45, 2.75) is 12.5 Å². The van der Waals surface area contributed by atoms with Crippen molar-refractivity contribution in [3.05, 3.63) is 68.2 Å². The predicted octanol–water partition coefficient (Wildman–Crippen LogP) is 4.68. The van der Waals surface area contributed by atoms with Gasteiger partial charge in [0.1, 0.15) is 12.4 Å². The van der Waals surface area contributed by atoms with Crippen molar-refractivity contribution in [3.8, 4) is 5.75 Å². The third-order valence-electron chi connectivity index (χ3n) is 2.67. The molecule has 0 aliphatic rings. The fourth-order valence-corrected chi connectivity index (χ4v) is 2.37. The lowest BCUT2D eigenvalue weighted by atomic mass is 10.2. The number of nitrogens with zero attached hydrogens (tertiary/aromatic N) is 1. The van der Waals surface area contributed by atoms with Crippen LogP contribution >= 0.6 is 27.5 Å². The summed E-state index contributed by atoms with van der Waals surface area (Å²) < 4.78 is 6.45. The first-order valence-electron chi connectivity index (χ1n) is 5.80. The molecule has 0 spiro atoms. The smallest absolute Gasteiger partial charge is 0.269 e. The van der Waals surface area contributed by atoms with E-state index in [0.29, 0.717) is 11.6 Å². The average Bonchev–Trinajstić information content (AvgIpc) is 2.46. The molecule has 2 aromatic rings. The molecule has 2 rings (SSSR count). The van der Waals surface area contributed by atoms with Gasteiger partial charge in [-0.05, 0) is 39.2 Å². The zero-order valence-corrected chi connectivity index (χ0v) is 12.7. The Kier molecular flexibility index (Phi) is 4.98. The number of non-ortho nitro benzene ring substituents is 1. The van der Waals surface area contributed by atoms with E-state index in [2.05, 4.69) is 15.9 Å². The first-order chi connectivity index (χ1) is 9.60. The molecular weight excluding hydrogens is 346 g/mol. The van der Waals surface area contributed by atoms with Crippen LogP contribution in [0.2, 0.25) is 0 Å². The van der Waals surface area contributed by atoms with E-state index in [1.54, 1.807) is 12.1 Å². The number of rotatable bonds is 5. The molecular formula is C14H11BrClNO3. The van der Waals surface area contributed by atoms with Gasteiger partial charge in [0.25, 0.3) is 5.69 Å². The van der Waals surface area contributed by atoms with Gasteiger partial charge in [-0.1, -0.05) is 18.2 Å². The molecule has 0 fully saturated rings. The second-order valence-electron chi connectivity index (χ2n) is 4.11. The van der Waals surface area contributed by atoms with Crippen molar-refractivity contribution in [2.75, 3.05) is 0 Å². The Balaban J connectivity index is 2.09. The SMILES string of the molecule is O=[N+]([O-])c1cccc(COc2ccc(CCl)cc2Br)c1. The molecule has 20 heavy (non-hydrogen) atoms. The minimum Gasteiger partial charge on any atom is -0.488 e. The van der Waals surface area contributed by atoms with Crippen molar-refractivity contribution < 1.29 is 9.66 Å². The largest absolute Gasteiger partial charge is 0.488 e. The molecule has 0 saturated heterocycles. The van der Waals surface area contributed by atoms with Crippen LogP contribution in [-0.2, 0) is 12.5 Å². The highest BCUT2D eigenvalue weighted by atomic mass is 79.9. The number of halogens is 2. The summed E-state index contributed by atoms with van der Waals surface area (Å²) in [5, 5.41) is 10.7. The molecule has 0 amide bonds. The number of alkyl halides is 1. The van der Waals surface area contributed by atoms with Gasteiger partial charge in [-0.3, -0.25) is 10.1 Å². The Labute approximate surface area is 129 Å². The van der Waals surface area contributed by atoms with Crippen LogP contribution in [0.4, 0.5) is 5.69 Å². The lowest BCUT2D eigenvalue weighted by Gasteiger charge is -2.09. The Morgan fingerprint density at radius 3 is 2.65 bits per heavy atom. The molecule has 104 valence electrons. The molecule has 6 heteroatoms. The predicted molar refractivity (Wildman–Crippen MR) is 81.1 cm³/mol. The van der Waals surface area contributed by atoms with Crippen LogP contribution < -0.4 is 4.74 Å². The molecule has 0 unspecified atom stereocenters. The Bertz CT molecular complexity index is 634. The van der Waals surface area contributed by atoms with Crippen molar-refractivity contribution >= 4 is 33.2 Å². The molecule has 0 aromatic heterocycles. The molecule has 0 saturated carbocycles. The van der Waals surface area contributed by atoms with Gasteiger partial charge in [0.15, 0.2) is 0 Å². The lowest BCUT2D eigenvalue weighted by molar-refractivity contribution is -0.384. The van der Waals surface area contributed by atoms with Crippen LogP contribution in [-0.4, -0.2) is 4.92 Å². The zero-order valence-electron chi connectivity index (χ0n) is 10.4. The van der Waals surface area contributed by atoms with Crippen molar-refractivity contribution in [2.24, 2.45) is 0 Å². The highest BCUT2D eigenvalue weighted by molar-refractivity contribution is 9.10. The van der Waals surface area contributed by atoms with E-state index in [1.165, 1.54) is 12.1 Å². The number of nitro benzene ring substituents is 1. The van der Waals surface area contributed by atoms with Gasteiger partial charge >= 0.3 is 0 Å². The average molecular weight is 357 g/mol. The van der Waals surface area contributed by atoms with Gasteiger partial charge in [0.2, 0.25) is 0 Å². The summed E-state index contributed by atoms with van der Waals surface area (Å²) in [6.07, 6.45) is 0. The van der Waals surface area contributed by atoms with Crippen LogP contribution in [0.1, 0.15) is 11.1 Å². The zero-order chi connectivity index (χ0) is 14.5. The standard InChI is InChI=1S/C14H11BrClNO3/c15-13-7-10(8-16)4-5-14(13)20-9-11-2-1-3-12(6-11)17(18)19/h1-7H,8-9H2. The molecule has 0 radical (unpaired) electrons. The van der Waals surface area contributed by atoms with Gasteiger partial charge < -0.3 is 4.74 Å². The number of hydrogen-bond acceptors (Lipinski definition) is 3. The van der Waals surface area contributed by atoms with E-state index in [1.807, 2.05) is 18.2 Å². The number of ether oxygens (including phenoxy) is 1. The van der Waals surface area contributed by atoms with Crippen LogP contribution in [0.15, 0.2) is 46.9 Å². The molecule has 0 aliphatic carbocycles. The second kappa shape index (κ2) is 6.72. The molecule has 4 nitrogen and oxygen atoms in total. The number of nitro groups is 1. The van der Waals surface area contributed by atoms with E-state index < -0.39 is 4.92 Å². The number of hydrogen-bond donors (Lipinski definition) is 0. The summed E-state index contributed by atoms with van der Waals surface area (Å²) in [6, 6.07) is 12.0. The lowest BCUT2D eigenvalue weighted by Crippen LogP contribution is -1.97. The minimum absolute atomic E-state index is 0.0580. The Morgan fingerprint density at radius 2 is 2.00 bits per heavy atom. The normalized spacial score (nSPS) is 10.3. The van der Waals surface area contributed by atoms with Gasteiger partial charge in [0, 0.05) is 18.0 Å². The molecule has 0 heterocycles. The molecule has 0 N–H and O–H groups in total. The molecule has 0 atom stereocenters. The van der Waals surface area contributed by atoms with Crippen molar-refractivity contribution in [1.29, 1.82) is 0 Å². The maximum atomic E-state index is 10.7. The van der Waals surface area contributed by atoms with Crippen LogP contribution in [0.25, 0.3) is 0 Å².